The molecule has 0 aromatic heterocycles. The van der Waals surface area contributed by atoms with Crippen molar-refractivity contribution in [1.82, 2.24) is 0 Å². The van der Waals surface area contributed by atoms with E-state index in [1.165, 1.54) is 0 Å². The molecule has 0 bridgehead atoms. The molecule has 1 aromatic rings. The highest BCUT2D eigenvalue weighted by atomic mass is 16.3. The van der Waals surface area contributed by atoms with Crippen LogP contribution < -0.4 is 10.6 Å². The largest absolute Gasteiger partial charge is 0.399 e. The van der Waals surface area contributed by atoms with Crippen LogP contribution in [0, 0.1) is 0 Å². The van der Waals surface area contributed by atoms with Gasteiger partial charge in [0, 0.05) is 31.1 Å². The Morgan fingerprint density at radius 1 is 1.44 bits per heavy atom. The summed E-state index contributed by atoms with van der Waals surface area (Å²) in [5.41, 5.74) is 8.59. The number of nitrogens with two attached hydrogens (primary N) is 1. The number of nitrogen functional groups attached to an aromatic ring is 1. The maximum absolute atomic E-state index is 9.48. The molecule has 4 N–H and O–H groups in total. The van der Waals surface area contributed by atoms with Gasteiger partial charge in [0.25, 0.3) is 0 Å². The molecule has 0 amide bonds. The minimum absolute atomic E-state index is 0.107. The van der Waals surface area contributed by atoms with Crippen LogP contribution in [0.15, 0.2) is 18.2 Å². The van der Waals surface area contributed by atoms with Gasteiger partial charge < -0.3 is 20.8 Å². The van der Waals surface area contributed by atoms with Gasteiger partial charge in [-0.3, -0.25) is 0 Å². The number of hydrogen-bond donors (Lipinski definition) is 3. The number of hydrogen-bond acceptors (Lipinski definition) is 4. The van der Waals surface area contributed by atoms with Crippen LogP contribution in [0.2, 0.25) is 0 Å². The van der Waals surface area contributed by atoms with Crippen molar-refractivity contribution in [1.29, 1.82) is 0 Å². The molecule has 1 aliphatic heterocycles. The molecule has 0 aliphatic carbocycles. The number of rotatable bonds is 3. The Morgan fingerprint density at radius 2 is 2.25 bits per heavy atom. The quantitative estimate of drug-likeness (QED) is 0.646. The van der Waals surface area contributed by atoms with E-state index in [9.17, 15) is 5.11 Å². The molecule has 16 heavy (non-hydrogen) atoms. The smallest absolute Gasteiger partial charge is 0.0731 e. The molecule has 1 saturated heterocycles. The summed E-state index contributed by atoms with van der Waals surface area (Å²) < 4.78 is 0. The van der Waals surface area contributed by atoms with Crippen molar-refractivity contribution in [3.63, 3.8) is 0 Å². The van der Waals surface area contributed by atoms with E-state index >= 15 is 0 Å². The fourth-order valence-corrected chi connectivity index (χ4v) is 2.10. The molecule has 0 radical (unpaired) electrons. The van der Waals surface area contributed by atoms with Gasteiger partial charge in [0.15, 0.2) is 0 Å². The van der Waals surface area contributed by atoms with Gasteiger partial charge in [0.2, 0.25) is 0 Å². The fourth-order valence-electron chi connectivity index (χ4n) is 2.10. The molecule has 4 nitrogen and oxygen atoms in total. The lowest BCUT2D eigenvalue weighted by atomic mass is 10.1. The first-order valence-corrected chi connectivity index (χ1v) is 5.63. The first kappa shape index (κ1) is 11.2. The van der Waals surface area contributed by atoms with Crippen LogP contribution in [-0.2, 0) is 6.42 Å². The maximum Gasteiger partial charge on any atom is 0.0731 e. The molecule has 1 aromatic carbocycles. The molecule has 1 unspecified atom stereocenters. The van der Waals surface area contributed by atoms with Crippen molar-refractivity contribution < 1.29 is 10.2 Å². The number of aliphatic hydroxyl groups excluding tert-OH is 2. The number of aliphatic hydroxyl groups is 2. The summed E-state index contributed by atoms with van der Waals surface area (Å²) in [6.07, 6.45) is 1.18. The van der Waals surface area contributed by atoms with Gasteiger partial charge in [-0.05, 0) is 36.6 Å². The number of anilines is 2. The highest BCUT2D eigenvalue weighted by Crippen LogP contribution is 2.24. The monoisotopic (exact) mass is 222 g/mol. The molecule has 1 atom stereocenters. The molecule has 1 fully saturated rings. The minimum Gasteiger partial charge on any atom is -0.399 e. The Morgan fingerprint density at radius 3 is 2.88 bits per heavy atom. The Balaban J connectivity index is 2.18. The summed E-state index contributed by atoms with van der Waals surface area (Å²) in [6, 6.07) is 5.84. The third-order valence-corrected chi connectivity index (χ3v) is 3.04. The average molecular weight is 222 g/mol. The van der Waals surface area contributed by atoms with Crippen LogP contribution in [0.3, 0.4) is 0 Å². The Kier molecular flexibility index (Phi) is 3.31. The second kappa shape index (κ2) is 4.72. The zero-order valence-electron chi connectivity index (χ0n) is 9.26. The molecule has 4 heteroatoms. The van der Waals surface area contributed by atoms with Gasteiger partial charge in [-0.2, -0.15) is 0 Å². The average Bonchev–Trinajstić information content (AvgIpc) is 2.69. The van der Waals surface area contributed by atoms with Crippen LogP contribution >= 0.6 is 0 Å². The standard InChI is InChI=1S/C12H18N2O2/c13-12-2-1-10(7-9(12)4-6-15)14-5-3-11(16)8-14/h1-2,7,11,15-16H,3-6,8,13H2. The second-order valence-corrected chi connectivity index (χ2v) is 4.25. The zero-order chi connectivity index (χ0) is 11.5. The molecule has 0 spiro atoms. The molecule has 0 saturated carbocycles. The lowest BCUT2D eigenvalue weighted by molar-refractivity contribution is 0.198. The summed E-state index contributed by atoms with van der Waals surface area (Å²) >= 11 is 0. The summed E-state index contributed by atoms with van der Waals surface area (Å²) in [5, 5.41) is 18.4. The predicted octanol–water partition coefficient (Wildman–Crippen LogP) is 0.375. The maximum atomic E-state index is 9.48. The summed E-state index contributed by atoms with van der Waals surface area (Å²) in [7, 11) is 0. The normalized spacial score (nSPS) is 20.4. The zero-order valence-corrected chi connectivity index (χ0v) is 9.26. The van der Waals surface area contributed by atoms with Crippen molar-refractivity contribution in [3.8, 4) is 0 Å². The van der Waals surface area contributed by atoms with E-state index in [0.717, 1.165) is 29.9 Å². The van der Waals surface area contributed by atoms with Crippen LogP contribution in [-0.4, -0.2) is 36.0 Å². The lowest BCUT2D eigenvalue weighted by Crippen LogP contribution is -2.21. The molecule has 88 valence electrons. The van der Waals surface area contributed by atoms with Gasteiger partial charge in [0.05, 0.1) is 6.10 Å². The highest BCUT2D eigenvalue weighted by Gasteiger charge is 2.20. The summed E-state index contributed by atoms with van der Waals surface area (Å²) in [5.74, 6) is 0. The van der Waals surface area contributed by atoms with E-state index in [2.05, 4.69) is 4.90 Å². The first-order chi connectivity index (χ1) is 7.70. The second-order valence-electron chi connectivity index (χ2n) is 4.25. The van der Waals surface area contributed by atoms with Crippen LogP contribution in [0.25, 0.3) is 0 Å². The van der Waals surface area contributed by atoms with E-state index in [0.29, 0.717) is 13.0 Å². The van der Waals surface area contributed by atoms with Crippen molar-refractivity contribution in [3.05, 3.63) is 23.8 Å². The first-order valence-electron chi connectivity index (χ1n) is 5.63. The molecular formula is C12H18N2O2. The fraction of sp³-hybridized carbons (Fsp3) is 0.500. The van der Waals surface area contributed by atoms with Crippen molar-refractivity contribution in [2.45, 2.75) is 18.9 Å². The third-order valence-electron chi connectivity index (χ3n) is 3.04. The topological polar surface area (TPSA) is 69.7 Å². The van der Waals surface area contributed by atoms with Gasteiger partial charge in [-0.25, -0.2) is 0 Å². The Labute approximate surface area is 95.3 Å². The molecule has 1 aliphatic rings. The predicted molar refractivity (Wildman–Crippen MR) is 64.5 cm³/mol. The summed E-state index contributed by atoms with van der Waals surface area (Å²) in [4.78, 5) is 2.14. The van der Waals surface area contributed by atoms with E-state index in [4.69, 9.17) is 10.8 Å². The van der Waals surface area contributed by atoms with Gasteiger partial charge in [-0.15, -0.1) is 0 Å². The van der Waals surface area contributed by atoms with Crippen molar-refractivity contribution in [2.24, 2.45) is 0 Å². The number of β-amino-alcohol motifs (C(OH)–C–C–N with tert-alkyl or cyclic N) is 1. The van der Waals surface area contributed by atoms with Crippen LogP contribution in [0.4, 0.5) is 11.4 Å². The molecule has 1 heterocycles. The van der Waals surface area contributed by atoms with Crippen molar-refractivity contribution >= 4 is 11.4 Å². The highest BCUT2D eigenvalue weighted by molar-refractivity contribution is 5.59. The van der Waals surface area contributed by atoms with E-state index in [1.54, 1.807) is 0 Å². The Bertz CT molecular complexity index is 368. The number of benzene rings is 1. The number of nitrogens with zero attached hydrogens (tertiary/aromatic N) is 1. The van der Waals surface area contributed by atoms with Crippen LogP contribution in [0.5, 0.6) is 0 Å². The molecule has 2 rings (SSSR count). The van der Waals surface area contributed by atoms with E-state index in [-0.39, 0.29) is 12.7 Å². The summed E-state index contributed by atoms with van der Waals surface area (Å²) in [6.45, 7) is 1.67. The SMILES string of the molecule is Nc1ccc(N2CCC(O)C2)cc1CCO. The van der Waals surface area contributed by atoms with Gasteiger partial charge in [0.1, 0.15) is 0 Å². The molecular weight excluding hydrogens is 204 g/mol. The van der Waals surface area contributed by atoms with E-state index < -0.39 is 0 Å². The lowest BCUT2D eigenvalue weighted by Gasteiger charge is -2.19. The third kappa shape index (κ3) is 2.28. The Hall–Kier alpha value is -1.26. The van der Waals surface area contributed by atoms with E-state index in [1.807, 2.05) is 18.2 Å². The van der Waals surface area contributed by atoms with Gasteiger partial charge >= 0.3 is 0 Å². The van der Waals surface area contributed by atoms with Gasteiger partial charge in [-0.1, -0.05) is 0 Å². The minimum atomic E-state index is -0.223. The van der Waals surface area contributed by atoms with Crippen LogP contribution in [0.1, 0.15) is 12.0 Å². The van der Waals surface area contributed by atoms with Crippen molar-refractivity contribution in [2.75, 3.05) is 30.3 Å².